The molecule has 102 valence electrons. The van der Waals surface area contributed by atoms with Gasteiger partial charge < -0.3 is 10.1 Å². The number of aromatic nitrogens is 1. The Bertz CT molecular complexity index is 519. The highest BCUT2D eigenvalue weighted by atomic mass is 32.1. The van der Waals surface area contributed by atoms with E-state index in [-0.39, 0.29) is 6.04 Å². The second kappa shape index (κ2) is 6.17. The molecule has 0 aliphatic heterocycles. The Hall–Kier alpha value is -1.39. The second-order valence-corrected chi connectivity index (χ2v) is 5.74. The average molecular weight is 276 g/mol. The van der Waals surface area contributed by atoms with Gasteiger partial charge in [0, 0.05) is 17.1 Å². The number of thiazole rings is 1. The first-order valence-corrected chi connectivity index (χ1v) is 7.30. The molecule has 3 nitrogen and oxygen atoms in total. The first kappa shape index (κ1) is 14.0. The van der Waals surface area contributed by atoms with Crippen molar-refractivity contribution in [2.24, 2.45) is 0 Å². The number of benzene rings is 1. The Balaban J connectivity index is 2.30. The molecule has 19 heavy (non-hydrogen) atoms. The van der Waals surface area contributed by atoms with Gasteiger partial charge in [-0.1, -0.05) is 12.1 Å². The summed E-state index contributed by atoms with van der Waals surface area (Å²) in [4.78, 5) is 4.61. The van der Waals surface area contributed by atoms with Gasteiger partial charge in [0.2, 0.25) is 0 Å². The van der Waals surface area contributed by atoms with Crippen molar-refractivity contribution >= 4 is 11.3 Å². The molecule has 0 saturated carbocycles. The number of methoxy groups -OCH3 is 1. The van der Waals surface area contributed by atoms with Gasteiger partial charge in [0.05, 0.1) is 13.2 Å². The number of nitrogens with zero attached hydrogens (tertiary/aromatic N) is 1. The lowest BCUT2D eigenvalue weighted by atomic mass is 10.1. The van der Waals surface area contributed by atoms with Crippen molar-refractivity contribution in [3.8, 4) is 5.75 Å². The zero-order valence-corrected chi connectivity index (χ0v) is 12.6. The molecule has 0 spiro atoms. The Morgan fingerprint density at radius 2 is 1.89 bits per heavy atom. The minimum atomic E-state index is 0.143. The van der Waals surface area contributed by atoms with Crippen LogP contribution < -0.4 is 10.1 Å². The molecule has 1 aromatic heterocycles. The van der Waals surface area contributed by atoms with Crippen molar-refractivity contribution in [1.29, 1.82) is 0 Å². The average Bonchev–Trinajstić information content (AvgIpc) is 2.82. The van der Waals surface area contributed by atoms with Crippen molar-refractivity contribution in [3.63, 3.8) is 0 Å². The summed E-state index contributed by atoms with van der Waals surface area (Å²) in [5, 5.41) is 6.77. The normalized spacial score (nSPS) is 12.7. The molecule has 1 unspecified atom stereocenters. The van der Waals surface area contributed by atoms with E-state index in [0.29, 0.717) is 6.04 Å². The van der Waals surface area contributed by atoms with Gasteiger partial charge in [-0.3, -0.25) is 0 Å². The number of hydrogen-bond acceptors (Lipinski definition) is 4. The van der Waals surface area contributed by atoms with E-state index in [9.17, 15) is 0 Å². The Kier molecular flexibility index (Phi) is 4.56. The van der Waals surface area contributed by atoms with Crippen LogP contribution in [0, 0.1) is 6.92 Å². The minimum absolute atomic E-state index is 0.143. The molecular weight excluding hydrogens is 256 g/mol. The van der Waals surface area contributed by atoms with Gasteiger partial charge in [0.15, 0.2) is 0 Å². The maximum Gasteiger partial charge on any atom is 0.118 e. The molecule has 1 atom stereocenters. The Morgan fingerprint density at radius 1 is 1.21 bits per heavy atom. The summed E-state index contributed by atoms with van der Waals surface area (Å²) in [7, 11) is 1.68. The van der Waals surface area contributed by atoms with Gasteiger partial charge in [0.1, 0.15) is 10.8 Å². The predicted octanol–water partition coefficient (Wildman–Crippen LogP) is 3.55. The highest BCUT2D eigenvalue weighted by Gasteiger charge is 2.18. The van der Waals surface area contributed by atoms with E-state index in [4.69, 9.17) is 4.74 Å². The van der Waals surface area contributed by atoms with Gasteiger partial charge in [-0.15, -0.1) is 11.3 Å². The Labute approximate surface area is 118 Å². The Morgan fingerprint density at radius 3 is 2.37 bits per heavy atom. The van der Waals surface area contributed by atoms with Crippen LogP contribution in [0.2, 0.25) is 0 Å². The van der Waals surface area contributed by atoms with Crippen LogP contribution in [-0.2, 0) is 0 Å². The maximum absolute atomic E-state index is 5.21. The van der Waals surface area contributed by atoms with Gasteiger partial charge in [0.25, 0.3) is 0 Å². The molecule has 4 heteroatoms. The molecule has 0 fully saturated rings. The molecule has 0 aliphatic rings. The quantitative estimate of drug-likeness (QED) is 0.907. The molecule has 1 N–H and O–H groups in total. The van der Waals surface area contributed by atoms with Crippen LogP contribution in [0.1, 0.15) is 36.2 Å². The summed E-state index contributed by atoms with van der Waals surface area (Å²) < 4.78 is 5.21. The van der Waals surface area contributed by atoms with Crippen LogP contribution in [0.15, 0.2) is 29.6 Å². The molecular formula is C15H20N2OS. The highest BCUT2D eigenvalue weighted by molar-refractivity contribution is 7.09. The van der Waals surface area contributed by atoms with E-state index in [1.807, 2.05) is 19.1 Å². The molecule has 1 aromatic carbocycles. The van der Waals surface area contributed by atoms with E-state index in [1.54, 1.807) is 18.4 Å². The fourth-order valence-corrected chi connectivity index (χ4v) is 2.83. The topological polar surface area (TPSA) is 34.1 Å². The highest BCUT2D eigenvalue weighted by Crippen LogP contribution is 2.27. The first-order chi connectivity index (χ1) is 9.10. The number of nitrogens with one attached hydrogen (secondary N) is 1. The summed E-state index contributed by atoms with van der Waals surface area (Å²) >= 11 is 1.70. The first-order valence-electron chi connectivity index (χ1n) is 6.42. The number of ether oxygens (including phenoxy) is 1. The van der Waals surface area contributed by atoms with Gasteiger partial charge in [-0.2, -0.15) is 0 Å². The summed E-state index contributed by atoms with van der Waals surface area (Å²) in [6.45, 7) is 6.33. The van der Waals surface area contributed by atoms with Crippen LogP contribution in [0.5, 0.6) is 5.75 Å². The van der Waals surface area contributed by atoms with Crippen molar-refractivity contribution < 1.29 is 4.74 Å². The summed E-state index contributed by atoms with van der Waals surface area (Å²) in [5.41, 5.74) is 2.29. The maximum atomic E-state index is 5.21. The van der Waals surface area contributed by atoms with Crippen molar-refractivity contribution in [2.75, 3.05) is 7.11 Å². The van der Waals surface area contributed by atoms with E-state index in [2.05, 4.69) is 41.7 Å². The standard InChI is InChI=1S/C15H20N2OS/c1-10(2)16-14(15-17-11(3)9-19-15)12-5-7-13(18-4)8-6-12/h5-10,14,16H,1-4H3. The van der Waals surface area contributed by atoms with Crippen LogP contribution >= 0.6 is 11.3 Å². The van der Waals surface area contributed by atoms with Gasteiger partial charge in [-0.05, 0) is 38.5 Å². The summed E-state index contributed by atoms with van der Waals surface area (Å²) in [6.07, 6.45) is 0. The molecule has 0 saturated heterocycles. The molecule has 0 amide bonds. The fraction of sp³-hybridized carbons (Fsp3) is 0.400. The molecule has 1 heterocycles. The summed E-state index contributed by atoms with van der Waals surface area (Å²) in [6, 6.07) is 8.71. The third kappa shape index (κ3) is 3.55. The van der Waals surface area contributed by atoms with Crippen molar-refractivity contribution in [2.45, 2.75) is 32.9 Å². The van der Waals surface area contributed by atoms with Crippen molar-refractivity contribution in [1.82, 2.24) is 10.3 Å². The van der Waals surface area contributed by atoms with E-state index in [1.165, 1.54) is 5.56 Å². The van der Waals surface area contributed by atoms with E-state index < -0.39 is 0 Å². The van der Waals surface area contributed by atoms with Crippen LogP contribution in [0.3, 0.4) is 0 Å². The lowest BCUT2D eigenvalue weighted by Gasteiger charge is -2.20. The van der Waals surface area contributed by atoms with Gasteiger partial charge >= 0.3 is 0 Å². The van der Waals surface area contributed by atoms with Crippen LogP contribution in [-0.4, -0.2) is 18.1 Å². The third-order valence-corrected chi connectivity index (χ3v) is 3.86. The number of hydrogen-bond donors (Lipinski definition) is 1. The number of rotatable bonds is 5. The van der Waals surface area contributed by atoms with E-state index >= 15 is 0 Å². The summed E-state index contributed by atoms with van der Waals surface area (Å²) in [5.74, 6) is 0.877. The largest absolute Gasteiger partial charge is 0.497 e. The lowest BCUT2D eigenvalue weighted by molar-refractivity contribution is 0.414. The molecule has 2 aromatic rings. The SMILES string of the molecule is COc1ccc(C(NC(C)C)c2nc(C)cs2)cc1. The smallest absolute Gasteiger partial charge is 0.118 e. The van der Waals surface area contributed by atoms with E-state index in [0.717, 1.165) is 16.5 Å². The molecule has 0 aliphatic carbocycles. The molecule has 0 radical (unpaired) electrons. The predicted molar refractivity (Wildman–Crippen MR) is 80.0 cm³/mol. The zero-order valence-electron chi connectivity index (χ0n) is 11.8. The van der Waals surface area contributed by atoms with Crippen LogP contribution in [0.4, 0.5) is 0 Å². The third-order valence-electron chi connectivity index (χ3n) is 2.83. The van der Waals surface area contributed by atoms with Crippen molar-refractivity contribution in [3.05, 3.63) is 45.9 Å². The monoisotopic (exact) mass is 276 g/mol. The minimum Gasteiger partial charge on any atom is -0.497 e. The molecule has 2 rings (SSSR count). The number of aryl methyl sites for hydroxylation is 1. The zero-order chi connectivity index (χ0) is 13.8. The van der Waals surface area contributed by atoms with Gasteiger partial charge in [-0.25, -0.2) is 4.98 Å². The fourth-order valence-electron chi connectivity index (χ4n) is 1.94. The lowest BCUT2D eigenvalue weighted by Crippen LogP contribution is -2.28. The second-order valence-electron chi connectivity index (χ2n) is 4.85. The van der Waals surface area contributed by atoms with Crippen LogP contribution in [0.25, 0.3) is 0 Å². The molecule has 0 bridgehead atoms.